The minimum atomic E-state index is -0.521. The van der Waals surface area contributed by atoms with Crippen molar-refractivity contribution < 1.29 is 14.6 Å². The van der Waals surface area contributed by atoms with Crippen LogP contribution in [-0.2, 0) is 6.42 Å². The van der Waals surface area contributed by atoms with Crippen molar-refractivity contribution in [2.24, 2.45) is 0 Å². The van der Waals surface area contributed by atoms with Crippen LogP contribution in [0.5, 0.6) is 11.6 Å². The molecule has 24 heavy (non-hydrogen) atoms. The maximum atomic E-state index is 12.0. The predicted octanol–water partition coefficient (Wildman–Crippen LogP) is 2.03. The van der Waals surface area contributed by atoms with E-state index in [2.05, 4.69) is 16.9 Å². The summed E-state index contributed by atoms with van der Waals surface area (Å²) in [4.78, 5) is 29.6. The van der Waals surface area contributed by atoms with Crippen molar-refractivity contribution in [3.05, 3.63) is 45.2 Å². The maximum absolute atomic E-state index is 12.0. The second kappa shape index (κ2) is 7.63. The molecule has 0 saturated heterocycles. The number of Topliss-reactive ketones (excluding diaryl/α,β-unsaturated/α-hetero) is 1. The number of unbranched alkanes of at least 4 members (excludes halogenated alkanes) is 1. The summed E-state index contributed by atoms with van der Waals surface area (Å²) in [6.45, 7) is 4.05. The number of hydrogen-bond acceptors (Lipinski definition) is 6. The standard InChI is InChI=1S/C17H21N3O4/c1-3-4-7-24-14-6-5-11(10(2)21)8-12(14)9-13-15(22)19-17(18)20-16(13)23/h5-6,8H,3-4,7,9H2,1-2H3,(H4,18,19,20,22,23). The maximum Gasteiger partial charge on any atom is 0.259 e. The number of rotatable bonds is 7. The Labute approximate surface area is 139 Å². The van der Waals surface area contributed by atoms with Gasteiger partial charge < -0.3 is 15.6 Å². The van der Waals surface area contributed by atoms with E-state index in [1.807, 2.05) is 0 Å². The summed E-state index contributed by atoms with van der Waals surface area (Å²) in [7, 11) is 0. The lowest BCUT2D eigenvalue weighted by atomic mass is 10.0. The summed E-state index contributed by atoms with van der Waals surface area (Å²) in [5.74, 6) is -0.101. The highest BCUT2D eigenvalue weighted by Crippen LogP contribution is 2.25. The molecule has 1 heterocycles. The summed E-state index contributed by atoms with van der Waals surface area (Å²) in [6, 6.07) is 5.05. The van der Waals surface area contributed by atoms with Crippen LogP contribution >= 0.6 is 0 Å². The summed E-state index contributed by atoms with van der Waals surface area (Å²) < 4.78 is 5.74. The molecule has 0 aliphatic carbocycles. The van der Waals surface area contributed by atoms with Gasteiger partial charge in [-0.1, -0.05) is 13.3 Å². The van der Waals surface area contributed by atoms with Crippen molar-refractivity contribution in [1.29, 1.82) is 0 Å². The molecular formula is C17H21N3O4. The van der Waals surface area contributed by atoms with Crippen LogP contribution in [-0.4, -0.2) is 27.5 Å². The van der Waals surface area contributed by atoms with Gasteiger partial charge in [-0.05, 0) is 37.1 Å². The van der Waals surface area contributed by atoms with E-state index >= 15 is 0 Å². The van der Waals surface area contributed by atoms with Crippen molar-refractivity contribution >= 4 is 11.7 Å². The molecule has 2 rings (SSSR count). The number of carbonyl (C=O) groups is 1. The molecule has 0 bridgehead atoms. The van der Waals surface area contributed by atoms with Crippen LogP contribution in [0.25, 0.3) is 0 Å². The lowest BCUT2D eigenvalue weighted by molar-refractivity contribution is 0.101. The van der Waals surface area contributed by atoms with Gasteiger partial charge in [0.05, 0.1) is 12.2 Å². The van der Waals surface area contributed by atoms with Crippen molar-refractivity contribution in [2.75, 3.05) is 12.3 Å². The van der Waals surface area contributed by atoms with Gasteiger partial charge >= 0.3 is 0 Å². The molecule has 0 unspecified atom stereocenters. The SMILES string of the molecule is CCCCOc1ccc(C(C)=O)cc1Cc1c(O)nc(N)[nH]c1=O. The second-order valence-corrected chi connectivity index (χ2v) is 5.51. The number of hydrogen-bond donors (Lipinski definition) is 3. The molecule has 4 N–H and O–H groups in total. The predicted molar refractivity (Wildman–Crippen MR) is 90.6 cm³/mol. The lowest BCUT2D eigenvalue weighted by Gasteiger charge is -2.13. The monoisotopic (exact) mass is 331 g/mol. The minimum absolute atomic E-state index is 0.0743. The summed E-state index contributed by atoms with van der Waals surface area (Å²) >= 11 is 0. The van der Waals surface area contributed by atoms with Crippen molar-refractivity contribution in [2.45, 2.75) is 33.1 Å². The number of carbonyl (C=O) groups excluding carboxylic acids is 1. The van der Waals surface area contributed by atoms with E-state index in [1.54, 1.807) is 18.2 Å². The third-order valence-corrected chi connectivity index (χ3v) is 3.60. The Morgan fingerprint density at radius 3 is 2.79 bits per heavy atom. The van der Waals surface area contributed by atoms with E-state index in [0.29, 0.717) is 23.5 Å². The molecule has 0 radical (unpaired) electrons. The van der Waals surface area contributed by atoms with E-state index < -0.39 is 11.4 Å². The highest BCUT2D eigenvalue weighted by atomic mass is 16.5. The highest BCUT2D eigenvalue weighted by molar-refractivity contribution is 5.94. The number of aromatic hydroxyl groups is 1. The smallest absolute Gasteiger partial charge is 0.259 e. The van der Waals surface area contributed by atoms with Crippen LogP contribution < -0.4 is 16.0 Å². The molecule has 7 nitrogen and oxygen atoms in total. The van der Waals surface area contributed by atoms with Gasteiger partial charge in [0.2, 0.25) is 11.8 Å². The second-order valence-electron chi connectivity index (χ2n) is 5.51. The zero-order valence-corrected chi connectivity index (χ0v) is 13.8. The van der Waals surface area contributed by atoms with E-state index in [1.165, 1.54) is 6.92 Å². The number of aromatic nitrogens is 2. The van der Waals surface area contributed by atoms with Crippen LogP contribution in [0.4, 0.5) is 5.95 Å². The fourth-order valence-electron chi connectivity index (χ4n) is 2.26. The fourth-order valence-corrected chi connectivity index (χ4v) is 2.26. The van der Waals surface area contributed by atoms with Gasteiger partial charge in [0.1, 0.15) is 5.75 Å². The molecule has 0 amide bonds. The quantitative estimate of drug-likeness (QED) is 0.528. The van der Waals surface area contributed by atoms with Gasteiger partial charge in [0.15, 0.2) is 5.78 Å². The van der Waals surface area contributed by atoms with Gasteiger partial charge in [-0.15, -0.1) is 0 Å². The number of nitrogens with zero attached hydrogens (tertiary/aromatic N) is 1. The molecule has 128 valence electrons. The molecule has 2 aromatic rings. The Bertz CT molecular complexity index is 799. The van der Waals surface area contributed by atoms with E-state index in [9.17, 15) is 14.7 Å². The fraction of sp³-hybridized carbons (Fsp3) is 0.353. The number of anilines is 1. The Kier molecular flexibility index (Phi) is 5.57. The van der Waals surface area contributed by atoms with Gasteiger partial charge in [0.25, 0.3) is 5.56 Å². The molecule has 1 aromatic heterocycles. The Balaban J connectivity index is 2.41. The zero-order valence-electron chi connectivity index (χ0n) is 13.8. The molecule has 7 heteroatoms. The third-order valence-electron chi connectivity index (χ3n) is 3.60. The summed E-state index contributed by atoms with van der Waals surface area (Å²) in [5.41, 5.74) is 6.09. The molecule has 0 saturated carbocycles. The number of nitrogens with two attached hydrogens (primary N) is 1. The zero-order chi connectivity index (χ0) is 17.7. The lowest BCUT2D eigenvalue weighted by Crippen LogP contribution is -2.17. The highest BCUT2D eigenvalue weighted by Gasteiger charge is 2.15. The summed E-state index contributed by atoms with van der Waals surface area (Å²) in [5, 5.41) is 9.90. The van der Waals surface area contributed by atoms with E-state index in [-0.39, 0.29) is 23.7 Å². The minimum Gasteiger partial charge on any atom is -0.493 e. The molecule has 0 aliphatic rings. The van der Waals surface area contributed by atoms with Crippen molar-refractivity contribution in [1.82, 2.24) is 9.97 Å². The normalized spacial score (nSPS) is 10.6. The van der Waals surface area contributed by atoms with Gasteiger partial charge in [-0.3, -0.25) is 14.6 Å². The largest absolute Gasteiger partial charge is 0.493 e. The Morgan fingerprint density at radius 1 is 1.42 bits per heavy atom. The first-order valence-electron chi connectivity index (χ1n) is 7.76. The summed E-state index contributed by atoms with van der Waals surface area (Å²) in [6.07, 6.45) is 1.96. The molecule has 0 aliphatic heterocycles. The average Bonchev–Trinajstić information content (AvgIpc) is 2.51. The number of nitrogen functional groups attached to an aromatic ring is 1. The third kappa shape index (κ3) is 4.13. The van der Waals surface area contributed by atoms with Crippen molar-refractivity contribution in [3.8, 4) is 11.6 Å². The number of ketones is 1. The first kappa shape index (κ1) is 17.5. The van der Waals surface area contributed by atoms with Gasteiger partial charge in [-0.25, -0.2) is 0 Å². The van der Waals surface area contributed by atoms with Crippen LogP contribution in [0.1, 0.15) is 48.2 Å². The van der Waals surface area contributed by atoms with Gasteiger partial charge in [-0.2, -0.15) is 4.98 Å². The average molecular weight is 331 g/mol. The van der Waals surface area contributed by atoms with Crippen LogP contribution in [0.15, 0.2) is 23.0 Å². The molecule has 0 atom stereocenters. The molecule has 0 fully saturated rings. The molecule has 1 aromatic carbocycles. The van der Waals surface area contributed by atoms with E-state index in [4.69, 9.17) is 10.5 Å². The Hall–Kier alpha value is -2.83. The number of H-pyrrole nitrogens is 1. The topological polar surface area (TPSA) is 118 Å². The number of nitrogens with one attached hydrogen (secondary N) is 1. The number of ether oxygens (including phenoxy) is 1. The Morgan fingerprint density at radius 2 is 2.17 bits per heavy atom. The van der Waals surface area contributed by atoms with E-state index in [0.717, 1.165) is 12.8 Å². The van der Waals surface area contributed by atoms with Gasteiger partial charge in [0, 0.05) is 12.0 Å². The molecule has 0 spiro atoms. The van der Waals surface area contributed by atoms with Crippen LogP contribution in [0.2, 0.25) is 0 Å². The van der Waals surface area contributed by atoms with Crippen LogP contribution in [0, 0.1) is 0 Å². The first-order chi connectivity index (χ1) is 11.4. The number of benzene rings is 1. The first-order valence-corrected chi connectivity index (χ1v) is 7.76. The van der Waals surface area contributed by atoms with Crippen molar-refractivity contribution in [3.63, 3.8) is 0 Å². The van der Waals surface area contributed by atoms with Crippen LogP contribution in [0.3, 0.4) is 0 Å². The molecular weight excluding hydrogens is 310 g/mol. The number of aromatic amines is 1.